The Morgan fingerprint density at radius 3 is 2.83 bits per heavy atom. The Labute approximate surface area is 117 Å². The minimum Gasteiger partial charge on any atom is -0.357 e. The summed E-state index contributed by atoms with van der Waals surface area (Å²) in [5.74, 6) is 1.59. The fourth-order valence-electron chi connectivity index (χ4n) is 2.15. The van der Waals surface area contributed by atoms with Crippen molar-refractivity contribution in [1.82, 2.24) is 14.9 Å². The van der Waals surface area contributed by atoms with Crippen LogP contribution >= 0.6 is 15.9 Å². The van der Waals surface area contributed by atoms with Crippen LogP contribution in [0.1, 0.15) is 12.8 Å². The Morgan fingerprint density at radius 2 is 2.17 bits per heavy atom. The number of aromatic nitrogens is 2. The van der Waals surface area contributed by atoms with Gasteiger partial charge in [0.05, 0.1) is 4.47 Å². The molecule has 0 bridgehead atoms. The quantitative estimate of drug-likeness (QED) is 0.898. The van der Waals surface area contributed by atoms with Gasteiger partial charge in [-0.25, -0.2) is 4.98 Å². The Hall–Kier alpha value is -0.880. The number of hydrogen-bond acceptors (Lipinski definition) is 5. The monoisotopic (exact) mass is 313 g/mol. The third kappa shape index (κ3) is 3.32. The van der Waals surface area contributed by atoms with Gasteiger partial charge < -0.3 is 15.1 Å². The molecule has 18 heavy (non-hydrogen) atoms. The van der Waals surface area contributed by atoms with Crippen LogP contribution in [0.2, 0.25) is 0 Å². The van der Waals surface area contributed by atoms with Crippen molar-refractivity contribution in [3.05, 3.63) is 10.7 Å². The zero-order chi connectivity index (χ0) is 13.0. The van der Waals surface area contributed by atoms with Crippen molar-refractivity contribution in [2.45, 2.75) is 12.8 Å². The van der Waals surface area contributed by atoms with Crippen molar-refractivity contribution in [1.29, 1.82) is 0 Å². The van der Waals surface area contributed by atoms with Crippen LogP contribution in [0.5, 0.6) is 0 Å². The summed E-state index contributed by atoms with van der Waals surface area (Å²) in [6, 6.07) is 0. The van der Waals surface area contributed by atoms with Gasteiger partial charge in [0.2, 0.25) is 5.95 Å². The second kappa shape index (κ2) is 6.33. The molecule has 1 aromatic heterocycles. The molecule has 100 valence electrons. The van der Waals surface area contributed by atoms with E-state index in [-0.39, 0.29) is 0 Å². The zero-order valence-corrected chi connectivity index (χ0v) is 12.6. The van der Waals surface area contributed by atoms with E-state index >= 15 is 0 Å². The average molecular weight is 314 g/mol. The molecule has 6 heteroatoms. The lowest BCUT2D eigenvalue weighted by Crippen LogP contribution is -2.32. The summed E-state index contributed by atoms with van der Waals surface area (Å²) in [7, 11) is 3.90. The standard InChI is InChI=1S/C12H20BrN5/c1-14-12-15-9-10(13)11(16-12)17(2)7-8-18-5-3-4-6-18/h9H,3-8H2,1-2H3,(H,14,15,16). The van der Waals surface area contributed by atoms with Crippen LogP contribution in [0.4, 0.5) is 11.8 Å². The van der Waals surface area contributed by atoms with Crippen LogP contribution in [-0.4, -0.2) is 55.1 Å². The number of hydrogen-bond donors (Lipinski definition) is 1. The smallest absolute Gasteiger partial charge is 0.224 e. The highest BCUT2D eigenvalue weighted by atomic mass is 79.9. The molecule has 0 saturated carbocycles. The lowest BCUT2D eigenvalue weighted by Gasteiger charge is -2.23. The summed E-state index contributed by atoms with van der Waals surface area (Å²) in [5.41, 5.74) is 0. The highest BCUT2D eigenvalue weighted by Gasteiger charge is 2.14. The number of likely N-dealkylation sites (N-methyl/N-ethyl adjacent to an activating group) is 1. The van der Waals surface area contributed by atoms with E-state index in [1.807, 2.05) is 7.05 Å². The highest BCUT2D eigenvalue weighted by Crippen LogP contribution is 2.23. The molecule has 1 aromatic rings. The van der Waals surface area contributed by atoms with Gasteiger partial charge in [-0.05, 0) is 41.9 Å². The Balaban J connectivity index is 1.96. The molecule has 5 nitrogen and oxygen atoms in total. The molecule has 1 N–H and O–H groups in total. The fraction of sp³-hybridized carbons (Fsp3) is 0.667. The maximum atomic E-state index is 4.47. The van der Waals surface area contributed by atoms with Crippen LogP contribution in [-0.2, 0) is 0 Å². The van der Waals surface area contributed by atoms with Crippen LogP contribution in [0.25, 0.3) is 0 Å². The van der Waals surface area contributed by atoms with Gasteiger partial charge in [-0.3, -0.25) is 0 Å². The van der Waals surface area contributed by atoms with Gasteiger partial charge >= 0.3 is 0 Å². The molecule has 0 spiro atoms. The number of nitrogens with one attached hydrogen (secondary N) is 1. The van der Waals surface area contributed by atoms with Crippen LogP contribution in [0, 0.1) is 0 Å². The van der Waals surface area contributed by atoms with E-state index in [1.54, 1.807) is 6.20 Å². The first-order valence-electron chi connectivity index (χ1n) is 6.34. The van der Waals surface area contributed by atoms with Gasteiger partial charge in [0.25, 0.3) is 0 Å². The molecule has 0 atom stereocenters. The largest absolute Gasteiger partial charge is 0.357 e. The fourth-order valence-corrected chi connectivity index (χ4v) is 2.64. The van der Waals surface area contributed by atoms with Crippen LogP contribution in [0.15, 0.2) is 10.7 Å². The molecule has 2 rings (SSSR count). The van der Waals surface area contributed by atoms with Gasteiger partial charge in [0.1, 0.15) is 5.82 Å². The Morgan fingerprint density at radius 1 is 1.44 bits per heavy atom. The van der Waals surface area contributed by atoms with E-state index in [9.17, 15) is 0 Å². The number of likely N-dealkylation sites (tertiary alicyclic amines) is 1. The second-order valence-electron chi connectivity index (χ2n) is 4.59. The normalized spacial score (nSPS) is 15.9. The molecule has 1 saturated heterocycles. The summed E-state index contributed by atoms with van der Waals surface area (Å²) in [5, 5.41) is 2.97. The summed E-state index contributed by atoms with van der Waals surface area (Å²) in [6.45, 7) is 4.56. The maximum Gasteiger partial charge on any atom is 0.224 e. The minimum atomic E-state index is 0.654. The second-order valence-corrected chi connectivity index (χ2v) is 5.44. The average Bonchev–Trinajstić information content (AvgIpc) is 2.89. The molecule has 0 aliphatic carbocycles. The van der Waals surface area contributed by atoms with Crippen molar-refractivity contribution in [3.63, 3.8) is 0 Å². The highest BCUT2D eigenvalue weighted by molar-refractivity contribution is 9.10. The van der Waals surface area contributed by atoms with Gasteiger partial charge in [0, 0.05) is 33.4 Å². The molecule has 1 aliphatic rings. The van der Waals surface area contributed by atoms with Gasteiger partial charge in [-0.2, -0.15) is 4.98 Å². The Bertz CT molecular complexity index is 392. The third-order valence-corrected chi connectivity index (χ3v) is 3.82. The van der Waals surface area contributed by atoms with Gasteiger partial charge in [-0.15, -0.1) is 0 Å². The van der Waals surface area contributed by atoms with E-state index in [0.717, 1.165) is 23.4 Å². The van der Waals surface area contributed by atoms with E-state index in [1.165, 1.54) is 25.9 Å². The van der Waals surface area contributed by atoms with E-state index in [4.69, 9.17) is 0 Å². The first-order valence-corrected chi connectivity index (χ1v) is 7.14. The van der Waals surface area contributed by atoms with Crippen molar-refractivity contribution in [2.75, 3.05) is 50.5 Å². The molecule has 0 radical (unpaired) electrons. The molecule has 0 aromatic carbocycles. The van der Waals surface area contributed by atoms with E-state index < -0.39 is 0 Å². The molecule has 1 aliphatic heterocycles. The summed E-state index contributed by atoms with van der Waals surface area (Å²) < 4.78 is 0.936. The number of rotatable bonds is 5. The van der Waals surface area contributed by atoms with E-state index in [2.05, 4.69) is 48.1 Å². The zero-order valence-electron chi connectivity index (χ0n) is 11.0. The SMILES string of the molecule is CNc1ncc(Br)c(N(C)CCN2CCCC2)n1. The van der Waals surface area contributed by atoms with Crippen LogP contribution < -0.4 is 10.2 Å². The van der Waals surface area contributed by atoms with Crippen molar-refractivity contribution >= 4 is 27.7 Å². The number of anilines is 2. The number of nitrogens with zero attached hydrogens (tertiary/aromatic N) is 4. The van der Waals surface area contributed by atoms with Crippen molar-refractivity contribution < 1.29 is 0 Å². The minimum absolute atomic E-state index is 0.654. The summed E-state index contributed by atoms with van der Waals surface area (Å²) in [4.78, 5) is 13.3. The number of halogens is 1. The van der Waals surface area contributed by atoms with E-state index in [0.29, 0.717) is 5.95 Å². The predicted molar refractivity (Wildman–Crippen MR) is 78.2 cm³/mol. The van der Waals surface area contributed by atoms with Gasteiger partial charge in [0.15, 0.2) is 0 Å². The first-order chi connectivity index (χ1) is 8.70. The van der Waals surface area contributed by atoms with Crippen molar-refractivity contribution in [3.8, 4) is 0 Å². The molecule has 1 fully saturated rings. The Kier molecular flexibility index (Phi) is 4.77. The topological polar surface area (TPSA) is 44.3 Å². The molecular formula is C12H20BrN5. The van der Waals surface area contributed by atoms with Gasteiger partial charge in [-0.1, -0.05) is 0 Å². The lowest BCUT2D eigenvalue weighted by atomic mass is 10.4. The summed E-state index contributed by atoms with van der Waals surface area (Å²) >= 11 is 3.51. The summed E-state index contributed by atoms with van der Waals surface area (Å²) in [6.07, 6.45) is 4.47. The molecule has 0 unspecified atom stereocenters. The lowest BCUT2D eigenvalue weighted by molar-refractivity contribution is 0.346. The molecular weight excluding hydrogens is 294 g/mol. The molecule has 2 heterocycles. The predicted octanol–water partition coefficient (Wildman–Crippen LogP) is 1.81. The van der Waals surface area contributed by atoms with Crippen molar-refractivity contribution in [2.24, 2.45) is 0 Å². The first kappa shape index (κ1) is 13.5. The maximum absolute atomic E-state index is 4.47. The third-order valence-electron chi connectivity index (χ3n) is 3.26. The van der Waals surface area contributed by atoms with Crippen LogP contribution in [0.3, 0.4) is 0 Å². The molecule has 0 amide bonds.